The topological polar surface area (TPSA) is 22.1 Å². The van der Waals surface area contributed by atoms with Crippen molar-refractivity contribution in [1.29, 1.82) is 0 Å². The molecule has 1 unspecified atom stereocenters. The minimum Gasteiger partial charge on any atom is -0.492 e. The fraction of sp³-hybridized carbons (Fsp3) is 0.357. The van der Waals surface area contributed by atoms with Crippen LogP contribution in [0.2, 0.25) is 0 Å². The molecule has 0 aliphatic heterocycles. The number of aromatic nitrogens is 1. The Morgan fingerprint density at radius 3 is 2.94 bits per heavy atom. The molecule has 17 heavy (non-hydrogen) atoms. The molecule has 1 heterocycles. The van der Waals surface area contributed by atoms with Crippen molar-refractivity contribution >= 4 is 26.8 Å². The first kappa shape index (κ1) is 12.4. The van der Waals surface area contributed by atoms with Crippen LogP contribution in [0.4, 0.5) is 0 Å². The average Bonchev–Trinajstić information content (AvgIpc) is 2.40. The van der Waals surface area contributed by atoms with E-state index >= 15 is 0 Å². The van der Waals surface area contributed by atoms with E-state index in [-0.39, 0.29) is 0 Å². The fourth-order valence-electron chi connectivity index (χ4n) is 1.62. The molecule has 0 radical (unpaired) electrons. The predicted molar refractivity (Wildman–Crippen MR) is 74.8 cm³/mol. The van der Waals surface area contributed by atoms with E-state index < -0.39 is 0 Å². The Balaban J connectivity index is 2.09. The van der Waals surface area contributed by atoms with Gasteiger partial charge in [0.25, 0.3) is 0 Å². The van der Waals surface area contributed by atoms with Crippen molar-refractivity contribution in [2.75, 3.05) is 11.9 Å². The second kappa shape index (κ2) is 6.01. The summed E-state index contributed by atoms with van der Waals surface area (Å²) in [5.41, 5.74) is 1.01. The van der Waals surface area contributed by atoms with E-state index in [9.17, 15) is 0 Å². The van der Waals surface area contributed by atoms with Crippen LogP contribution in [0.5, 0.6) is 5.75 Å². The molecule has 0 aliphatic rings. The lowest BCUT2D eigenvalue weighted by Gasteiger charge is -2.13. The quantitative estimate of drug-likeness (QED) is 0.777. The number of benzene rings is 1. The Kier molecular flexibility index (Phi) is 4.37. The van der Waals surface area contributed by atoms with E-state index in [1.54, 1.807) is 6.20 Å². The monoisotopic (exact) mass is 293 g/mol. The Labute approximate surface area is 110 Å². The highest BCUT2D eigenvalue weighted by molar-refractivity contribution is 9.09. The number of rotatable bonds is 5. The van der Waals surface area contributed by atoms with Gasteiger partial charge in [-0.25, -0.2) is 0 Å². The highest BCUT2D eigenvalue weighted by atomic mass is 79.9. The van der Waals surface area contributed by atoms with Crippen LogP contribution in [0.15, 0.2) is 36.5 Å². The lowest BCUT2D eigenvalue weighted by molar-refractivity contribution is 0.259. The zero-order valence-corrected chi connectivity index (χ0v) is 11.5. The third-order valence-corrected chi connectivity index (χ3v) is 3.76. The van der Waals surface area contributed by atoms with Gasteiger partial charge in [0, 0.05) is 16.6 Å². The molecule has 0 amide bonds. The molecular weight excluding hydrogens is 278 g/mol. The van der Waals surface area contributed by atoms with Crippen LogP contribution in [0.25, 0.3) is 10.9 Å². The van der Waals surface area contributed by atoms with E-state index in [1.807, 2.05) is 24.3 Å². The van der Waals surface area contributed by atoms with Crippen LogP contribution in [0, 0.1) is 5.92 Å². The molecule has 0 fully saturated rings. The van der Waals surface area contributed by atoms with Crippen molar-refractivity contribution in [2.24, 2.45) is 5.92 Å². The van der Waals surface area contributed by atoms with Gasteiger partial charge in [0.2, 0.25) is 0 Å². The first-order valence-corrected chi connectivity index (χ1v) is 6.99. The first-order valence-electron chi connectivity index (χ1n) is 5.87. The van der Waals surface area contributed by atoms with Gasteiger partial charge in [0.1, 0.15) is 5.75 Å². The SMILES string of the molecule is CCC(CBr)COc1cnc2ccccc2c1. The van der Waals surface area contributed by atoms with Crippen LogP contribution in [0.1, 0.15) is 13.3 Å². The maximum atomic E-state index is 5.77. The largest absolute Gasteiger partial charge is 0.492 e. The highest BCUT2D eigenvalue weighted by Gasteiger charge is 2.05. The lowest BCUT2D eigenvalue weighted by Crippen LogP contribution is -2.12. The second-order valence-electron chi connectivity index (χ2n) is 4.10. The summed E-state index contributed by atoms with van der Waals surface area (Å²) in [6, 6.07) is 10.1. The van der Waals surface area contributed by atoms with Gasteiger partial charge in [0.05, 0.1) is 18.3 Å². The van der Waals surface area contributed by atoms with Gasteiger partial charge >= 0.3 is 0 Å². The number of halogens is 1. The molecule has 0 saturated heterocycles. The molecule has 1 aromatic carbocycles. The van der Waals surface area contributed by atoms with Gasteiger partial charge in [-0.1, -0.05) is 41.1 Å². The minimum absolute atomic E-state index is 0.557. The molecular formula is C14H16BrNO. The van der Waals surface area contributed by atoms with Crippen molar-refractivity contribution in [3.63, 3.8) is 0 Å². The first-order chi connectivity index (χ1) is 8.33. The maximum Gasteiger partial charge on any atom is 0.138 e. The van der Waals surface area contributed by atoms with E-state index in [1.165, 1.54) is 0 Å². The third-order valence-electron chi connectivity index (χ3n) is 2.85. The molecule has 0 aliphatic carbocycles. The highest BCUT2D eigenvalue weighted by Crippen LogP contribution is 2.19. The summed E-state index contributed by atoms with van der Waals surface area (Å²) in [5, 5.41) is 2.10. The molecule has 2 rings (SSSR count). The zero-order chi connectivity index (χ0) is 12.1. The number of alkyl halides is 1. The number of hydrogen-bond donors (Lipinski definition) is 0. The van der Waals surface area contributed by atoms with Crippen molar-refractivity contribution in [2.45, 2.75) is 13.3 Å². The molecule has 2 nitrogen and oxygen atoms in total. The van der Waals surface area contributed by atoms with Crippen molar-refractivity contribution in [1.82, 2.24) is 4.98 Å². The van der Waals surface area contributed by atoms with Crippen LogP contribution in [-0.2, 0) is 0 Å². The van der Waals surface area contributed by atoms with Crippen LogP contribution in [0.3, 0.4) is 0 Å². The minimum atomic E-state index is 0.557. The van der Waals surface area contributed by atoms with Gasteiger partial charge in [-0.2, -0.15) is 0 Å². The summed E-state index contributed by atoms with van der Waals surface area (Å²) < 4.78 is 5.77. The van der Waals surface area contributed by atoms with E-state index in [0.717, 1.165) is 35.0 Å². The average molecular weight is 294 g/mol. The van der Waals surface area contributed by atoms with Crippen molar-refractivity contribution in [3.8, 4) is 5.75 Å². The Hall–Kier alpha value is -1.09. The summed E-state index contributed by atoms with van der Waals surface area (Å²) in [6.45, 7) is 2.91. The van der Waals surface area contributed by atoms with Crippen molar-refractivity contribution in [3.05, 3.63) is 36.5 Å². The molecule has 90 valence electrons. The van der Waals surface area contributed by atoms with Crippen molar-refractivity contribution < 1.29 is 4.74 Å². The van der Waals surface area contributed by atoms with Crippen LogP contribution >= 0.6 is 15.9 Å². The van der Waals surface area contributed by atoms with Gasteiger partial charge in [0.15, 0.2) is 0 Å². The number of para-hydroxylation sites is 1. The van der Waals surface area contributed by atoms with Gasteiger partial charge < -0.3 is 4.74 Å². The molecule has 0 spiro atoms. The Morgan fingerprint density at radius 1 is 1.35 bits per heavy atom. The molecule has 1 aromatic heterocycles. The molecule has 1 atom stereocenters. The van der Waals surface area contributed by atoms with Gasteiger partial charge in [-0.05, 0) is 18.6 Å². The number of fused-ring (bicyclic) bond motifs is 1. The molecule has 0 bridgehead atoms. The summed E-state index contributed by atoms with van der Waals surface area (Å²) in [6.07, 6.45) is 2.91. The zero-order valence-electron chi connectivity index (χ0n) is 9.90. The van der Waals surface area contributed by atoms with E-state index in [2.05, 4.69) is 33.9 Å². The lowest BCUT2D eigenvalue weighted by atomic mass is 10.1. The number of hydrogen-bond acceptors (Lipinski definition) is 2. The molecule has 3 heteroatoms. The smallest absolute Gasteiger partial charge is 0.138 e. The van der Waals surface area contributed by atoms with Crippen LogP contribution in [-0.4, -0.2) is 16.9 Å². The van der Waals surface area contributed by atoms with Crippen LogP contribution < -0.4 is 4.74 Å². The third kappa shape index (κ3) is 3.19. The molecule has 0 saturated carbocycles. The molecule has 2 aromatic rings. The Bertz CT molecular complexity index is 482. The summed E-state index contributed by atoms with van der Waals surface area (Å²) in [5.74, 6) is 1.41. The Morgan fingerprint density at radius 2 is 2.18 bits per heavy atom. The van der Waals surface area contributed by atoms with E-state index in [0.29, 0.717) is 5.92 Å². The van der Waals surface area contributed by atoms with Gasteiger partial charge in [-0.15, -0.1) is 0 Å². The predicted octanol–water partition coefficient (Wildman–Crippen LogP) is 4.03. The normalized spacial score (nSPS) is 12.6. The number of ether oxygens (including phenoxy) is 1. The summed E-state index contributed by atoms with van der Waals surface area (Å²) >= 11 is 3.49. The fourth-order valence-corrected chi connectivity index (χ4v) is 2.26. The summed E-state index contributed by atoms with van der Waals surface area (Å²) in [7, 11) is 0. The maximum absolute atomic E-state index is 5.77. The number of pyridine rings is 1. The molecule has 0 N–H and O–H groups in total. The number of nitrogens with zero attached hydrogens (tertiary/aromatic N) is 1. The van der Waals surface area contributed by atoms with E-state index in [4.69, 9.17) is 4.74 Å². The second-order valence-corrected chi connectivity index (χ2v) is 4.75. The standard InChI is InChI=1S/C14H16BrNO/c1-2-11(8-15)10-17-13-7-12-5-3-4-6-14(12)16-9-13/h3-7,9,11H,2,8,10H2,1H3. The van der Waals surface area contributed by atoms with Gasteiger partial charge in [-0.3, -0.25) is 4.98 Å². The summed E-state index contributed by atoms with van der Waals surface area (Å²) in [4.78, 5) is 4.37.